The Labute approximate surface area is 90.0 Å². The van der Waals surface area contributed by atoms with Gasteiger partial charge in [0.05, 0.1) is 0 Å². The van der Waals surface area contributed by atoms with E-state index in [0.717, 1.165) is 12.3 Å². The molecule has 0 spiro atoms. The van der Waals surface area contributed by atoms with Crippen LogP contribution in [0, 0.1) is 23.7 Å². The molecule has 3 aliphatic rings. The number of allylic oxidation sites excluding steroid dienone is 3. The summed E-state index contributed by atoms with van der Waals surface area (Å²) in [6, 6.07) is 0. The second kappa shape index (κ2) is 3.22. The Bertz CT molecular complexity index is 342. The maximum Gasteiger partial charge on any atom is 0.303 e. The number of carbonyl (C=O) groups is 1. The van der Waals surface area contributed by atoms with Crippen molar-refractivity contribution in [2.45, 2.75) is 25.9 Å². The summed E-state index contributed by atoms with van der Waals surface area (Å²) in [5.41, 5.74) is 0. The van der Waals surface area contributed by atoms with Gasteiger partial charge in [0.25, 0.3) is 0 Å². The van der Waals surface area contributed by atoms with Gasteiger partial charge < -0.3 is 4.74 Å². The fourth-order valence-electron chi connectivity index (χ4n) is 3.59. The zero-order valence-corrected chi connectivity index (χ0v) is 8.93. The molecule has 0 saturated heterocycles. The number of ether oxygens (including phenoxy) is 1. The van der Waals surface area contributed by atoms with Crippen molar-refractivity contribution in [1.29, 1.82) is 0 Å². The molecule has 3 rings (SSSR count). The van der Waals surface area contributed by atoms with Crippen molar-refractivity contribution >= 4 is 5.97 Å². The van der Waals surface area contributed by atoms with E-state index in [2.05, 4.69) is 24.3 Å². The van der Waals surface area contributed by atoms with E-state index in [9.17, 15) is 4.79 Å². The summed E-state index contributed by atoms with van der Waals surface area (Å²) in [5.74, 6) is 2.50. The van der Waals surface area contributed by atoms with E-state index in [1.165, 1.54) is 13.3 Å². The van der Waals surface area contributed by atoms with Crippen LogP contribution in [0.4, 0.5) is 0 Å². The van der Waals surface area contributed by atoms with Gasteiger partial charge in [0.15, 0.2) is 0 Å². The van der Waals surface area contributed by atoms with E-state index in [1.807, 2.05) is 0 Å². The summed E-state index contributed by atoms with van der Waals surface area (Å²) in [6.07, 6.45) is 11.4. The molecule has 0 aromatic rings. The maximum absolute atomic E-state index is 11.0. The number of esters is 1. The number of fused-ring (bicyclic) bond motifs is 5. The summed E-state index contributed by atoms with van der Waals surface area (Å²) in [6.45, 7) is 1.50. The highest BCUT2D eigenvalue weighted by molar-refractivity contribution is 5.66. The fourth-order valence-corrected chi connectivity index (χ4v) is 3.59. The SMILES string of the molecule is CC(=O)O[C@@H]1C=CC[C@H]2[C@@H]1[C@H]1C=C[C@@H]2C1. The molecule has 0 unspecified atom stereocenters. The first kappa shape index (κ1) is 9.20. The number of hydrogen-bond donors (Lipinski definition) is 0. The molecule has 0 aliphatic heterocycles. The Hall–Kier alpha value is -1.05. The van der Waals surface area contributed by atoms with Crippen molar-refractivity contribution < 1.29 is 9.53 Å². The minimum absolute atomic E-state index is 0.0289. The zero-order valence-electron chi connectivity index (χ0n) is 8.93. The second-order valence-electron chi connectivity index (χ2n) is 4.93. The predicted molar refractivity (Wildman–Crippen MR) is 57.0 cm³/mol. The smallest absolute Gasteiger partial charge is 0.303 e. The number of rotatable bonds is 1. The molecule has 1 fully saturated rings. The van der Waals surface area contributed by atoms with Gasteiger partial charge >= 0.3 is 5.97 Å². The highest BCUT2D eigenvalue weighted by Crippen LogP contribution is 2.53. The van der Waals surface area contributed by atoms with Crippen LogP contribution in [0.5, 0.6) is 0 Å². The van der Waals surface area contributed by atoms with Gasteiger partial charge in [-0.05, 0) is 36.7 Å². The molecule has 0 amide bonds. The third-order valence-corrected chi connectivity index (χ3v) is 4.10. The Morgan fingerprint density at radius 2 is 2.07 bits per heavy atom. The van der Waals surface area contributed by atoms with Gasteiger partial charge in [0, 0.05) is 12.8 Å². The first-order valence-electron chi connectivity index (χ1n) is 5.78. The zero-order chi connectivity index (χ0) is 10.4. The summed E-state index contributed by atoms with van der Waals surface area (Å²) in [7, 11) is 0. The summed E-state index contributed by atoms with van der Waals surface area (Å²) < 4.78 is 5.40. The highest BCUT2D eigenvalue weighted by Gasteiger charge is 2.48. The second-order valence-corrected chi connectivity index (χ2v) is 4.93. The largest absolute Gasteiger partial charge is 0.458 e. The third-order valence-electron chi connectivity index (χ3n) is 4.10. The lowest BCUT2D eigenvalue weighted by Gasteiger charge is -2.35. The topological polar surface area (TPSA) is 26.3 Å². The van der Waals surface area contributed by atoms with E-state index in [1.54, 1.807) is 0 Å². The van der Waals surface area contributed by atoms with Crippen molar-refractivity contribution in [3.8, 4) is 0 Å². The van der Waals surface area contributed by atoms with E-state index in [4.69, 9.17) is 4.74 Å². The van der Waals surface area contributed by atoms with Crippen LogP contribution in [-0.4, -0.2) is 12.1 Å². The normalized spacial score (nSPS) is 45.5. The highest BCUT2D eigenvalue weighted by atomic mass is 16.5. The van der Waals surface area contributed by atoms with Gasteiger partial charge in [-0.3, -0.25) is 4.79 Å². The summed E-state index contributed by atoms with van der Waals surface area (Å²) in [4.78, 5) is 11.0. The first-order chi connectivity index (χ1) is 7.25. The van der Waals surface area contributed by atoms with Crippen LogP contribution in [-0.2, 0) is 9.53 Å². The molecule has 0 aromatic heterocycles. The third kappa shape index (κ3) is 1.35. The van der Waals surface area contributed by atoms with E-state index >= 15 is 0 Å². The molecule has 0 heterocycles. The van der Waals surface area contributed by atoms with Crippen molar-refractivity contribution in [2.75, 3.05) is 0 Å². The van der Waals surface area contributed by atoms with Crippen LogP contribution in [0.1, 0.15) is 19.8 Å². The van der Waals surface area contributed by atoms with Crippen molar-refractivity contribution in [3.05, 3.63) is 24.3 Å². The molecule has 2 bridgehead atoms. The fraction of sp³-hybridized carbons (Fsp3) is 0.615. The minimum atomic E-state index is -0.156. The molecule has 3 aliphatic carbocycles. The molecule has 0 aromatic carbocycles. The molecule has 80 valence electrons. The van der Waals surface area contributed by atoms with Crippen LogP contribution in [0.15, 0.2) is 24.3 Å². The lowest BCUT2D eigenvalue weighted by Crippen LogP contribution is -2.35. The maximum atomic E-state index is 11.0. The average molecular weight is 204 g/mol. The Morgan fingerprint density at radius 1 is 1.27 bits per heavy atom. The standard InChI is InChI=1S/C13H16O2/c1-8(14)15-12-4-2-3-11-9-5-6-10(7-9)13(11)12/h2,4-6,9-13H,3,7H2,1H3/t9-,10+,11-,12-,13+/m1/s1. The molecule has 0 N–H and O–H groups in total. The number of hydrogen-bond acceptors (Lipinski definition) is 2. The van der Waals surface area contributed by atoms with Crippen molar-refractivity contribution in [3.63, 3.8) is 0 Å². The van der Waals surface area contributed by atoms with Gasteiger partial charge in [-0.2, -0.15) is 0 Å². The quantitative estimate of drug-likeness (QED) is 0.484. The van der Waals surface area contributed by atoms with E-state index in [0.29, 0.717) is 17.8 Å². The van der Waals surface area contributed by atoms with Crippen LogP contribution < -0.4 is 0 Å². The van der Waals surface area contributed by atoms with Crippen LogP contribution in [0.25, 0.3) is 0 Å². The lowest BCUT2D eigenvalue weighted by atomic mass is 9.75. The van der Waals surface area contributed by atoms with Gasteiger partial charge in [-0.15, -0.1) is 0 Å². The van der Waals surface area contributed by atoms with Gasteiger partial charge in [-0.1, -0.05) is 18.2 Å². The molecule has 2 nitrogen and oxygen atoms in total. The van der Waals surface area contributed by atoms with Crippen LogP contribution in [0.3, 0.4) is 0 Å². The summed E-state index contributed by atoms with van der Waals surface area (Å²) >= 11 is 0. The average Bonchev–Trinajstić information content (AvgIpc) is 2.77. The molecule has 2 heteroatoms. The monoisotopic (exact) mass is 204 g/mol. The Kier molecular flexibility index (Phi) is 1.98. The summed E-state index contributed by atoms with van der Waals surface area (Å²) in [5, 5.41) is 0. The van der Waals surface area contributed by atoms with Crippen molar-refractivity contribution in [2.24, 2.45) is 23.7 Å². The van der Waals surface area contributed by atoms with Gasteiger partial charge in [0.2, 0.25) is 0 Å². The Morgan fingerprint density at radius 3 is 2.87 bits per heavy atom. The first-order valence-corrected chi connectivity index (χ1v) is 5.78. The molecule has 15 heavy (non-hydrogen) atoms. The molecule has 1 saturated carbocycles. The van der Waals surface area contributed by atoms with Crippen LogP contribution >= 0.6 is 0 Å². The van der Waals surface area contributed by atoms with Gasteiger partial charge in [-0.25, -0.2) is 0 Å². The van der Waals surface area contributed by atoms with Crippen LogP contribution in [0.2, 0.25) is 0 Å². The predicted octanol–water partition coefficient (Wildman–Crippen LogP) is 2.32. The number of carbonyl (C=O) groups excluding carboxylic acids is 1. The van der Waals surface area contributed by atoms with E-state index in [-0.39, 0.29) is 12.1 Å². The van der Waals surface area contributed by atoms with Crippen molar-refractivity contribution in [1.82, 2.24) is 0 Å². The Balaban J connectivity index is 1.84. The molecular weight excluding hydrogens is 188 g/mol. The van der Waals surface area contributed by atoms with E-state index < -0.39 is 0 Å². The lowest BCUT2D eigenvalue weighted by molar-refractivity contribution is -0.147. The molecular formula is C13H16O2. The molecule has 0 radical (unpaired) electrons. The molecule has 5 atom stereocenters. The van der Waals surface area contributed by atoms with Gasteiger partial charge in [0.1, 0.15) is 6.10 Å². The minimum Gasteiger partial charge on any atom is -0.458 e.